The highest BCUT2D eigenvalue weighted by atomic mass is 35.5. The molecule has 1 atom stereocenters. The lowest BCUT2D eigenvalue weighted by Crippen LogP contribution is -2.58. The SMILES string of the molecule is CC(C)(C)OC(=O)N1CCCCC1(CO)CCCl. The number of aliphatic hydroxyl groups is 1. The van der Waals surface area contributed by atoms with Crippen molar-refractivity contribution in [1.82, 2.24) is 4.90 Å². The predicted octanol–water partition coefficient (Wildman–Crippen LogP) is 2.77. The number of nitrogens with zero attached hydrogens (tertiary/aromatic N) is 1. The Morgan fingerprint density at radius 3 is 2.61 bits per heavy atom. The van der Waals surface area contributed by atoms with Gasteiger partial charge in [-0.15, -0.1) is 11.6 Å². The van der Waals surface area contributed by atoms with Gasteiger partial charge in [0.1, 0.15) is 5.60 Å². The molecule has 18 heavy (non-hydrogen) atoms. The van der Waals surface area contributed by atoms with Crippen LogP contribution in [0.5, 0.6) is 0 Å². The number of likely N-dealkylation sites (tertiary alicyclic amines) is 1. The standard InChI is InChI=1S/C13H24ClNO3/c1-12(2,3)18-11(17)15-9-5-4-6-13(15,10-16)7-8-14/h16H,4-10H2,1-3H3. The molecule has 0 aromatic heterocycles. The molecule has 4 nitrogen and oxygen atoms in total. The van der Waals surface area contributed by atoms with E-state index in [1.807, 2.05) is 20.8 Å². The second kappa shape index (κ2) is 6.11. The van der Waals surface area contributed by atoms with Crippen molar-refractivity contribution in [3.8, 4) is 0 Å². The van der Waals surface area contributed by atoms with Crippen molar-refractivity contribution < 1.29 is 14.6 Å². The maximum absolute atomic E-state index is 12.2. The minimum Gasteiger partial charge on any atom is -0.444 e. The number of rotatable bonds is 3. The highest BCUT2D eigenvalue weighted by Crippen LogP contribution is 2.32. The van der Waals surface area contributed by atoms with Crippen molar-refractivity contribution in [2.45, 2.75) is 57.6 Å². The van der Waals surface area contributed by atoms with E-state index in [1.54, 1.807) is 4.90 Å². The molecule has 0 aromatic carbocycles. The molecule has 1 unspecified atom stereocenters. The molecule has 106 valence electrons. The average Bonchev–Trinajstić information content (AvgIpc) is 2.27. The third kappa shape index (κ3) is 3.75. The Bertz CT molecular complexity index is 286. The lowest BCUT2D eigenvalue weighted by molar-refractivity contribution is -0.0348. The number of halogens is 1. The van der Waals surface area contributed by atoms with Gasteiger partial charge in [0.2, 0.25) is 0 Å². The molecule has 1 N–H and O–H groups in total. The summed E-state index contributed by atoms with van der Waals surface area (Å²) in [5.74, 6) is 0.430. The lowest BCUT2D eigenvalue weighted by atomic mass is 9.85. The molecule has 1 amide bonds. The first-order chi connectivity index (χ1) is 8.34. The Morgan fingerprint density at radius 2 is 2.11 bits per heavy atom. The molecule has 1 aliphatic heterocycles. The van der Waals surface area contributed by atoms with E-state index in [1.165, 1.54) is 0 Å². The van der Waals surface area contributed by atoms with E-state index in [0.29, 0.717) is 18.8 Å². The fourth-order valence-corrected chi connectivity index (χ4v) is 2.73. The van der Waals surface area contributed by atoms with Crippen molar-refractivity contribution in [2.75, 3.05) is 19.0 Å². The maximum Gasteiger partial charge on any atom is 0.410 e. The molecule has 0 aliphatic carbocycles. The zero-order chi connectivity index (χ0) is 13.8. The summed E-state index contributed by atoms with van der Waals surface area (Å²) in [6, 6.07) is 0. The maximum atomic E-state index is 12.2. The van der Waals surface area contributed by atoms with Crippen molar-refractivity contribution in [1.29, 1.82) is 0 Å². The van der Waals surface area contributed by atoms with Gasteiger partial charge in [-0.1, -0.05) is 0 Å². The van der Waals surface area contributed by atoms with E-state index in [9.17, 15) is 9.90 Å². The zero-order valence-corrected chi connectivity index (χ0v) is 12.3. The molecular formula is C13H24ClNO3. The van der Waals surface area contributed by atoms with Crippen LogP contribution in [0.15, 0.2) is 0 Å². The van der Waals surface area contributed by atoms with Gasteiger partial charge >= 0.3 is 6.09 Å². The molecule has 1 heterocycles. The summed E-state index contributed by atoms with van der Waals surface area (Å²) >= 11 is 5.82. The zero-order valence-electron chi connectivity index (χ0n) is 11.5. The Balaban J connectivity index is 2.84. The number of amides is 1. The van der Waals surface area contributed by atoms with Gasteiger partial charge < -0.3 is 14.7 Å². The smallest absolute Gasteiger partial charge is 0.410 e. The van der Waals surface area contributed by atoms with E-state index in [2.05, 4.69) is 0 Å². The normalized spacial score (nSPS) is 25.1. The van der Waals surface area contributed by atoms with E-state index >= 15 is 0 Å². The Kier molecular flexibility index (Phi) is 5.29. The summed E-state index contributed by atoms with van der Waals surface area (Å²) < 4.78 is 5.41. The third-order valence-electron chi connectivity index (χ3n) is 3.31. The van der Waals surface area contributed by atoms with Gasteiger partial charge in [0, 0.05) is 12.4 Å². The number of hydrogen-bond acceptors (Lipinski definition) is 3. The van der Waals surface area contributed by atoms with Crippen molar-refractivity contribution >= 4 is 17.7 Å². The largest absolute Gasteiger partial charge is 0.444 e. The topological polar surface area (TPSA) is 49.8 Å². The first-order valence-corrected chi connectivity index (χ1v) is 7.05. The number of hydrogen-bond donors (Lipinski definition) is 1. The van der Waals surface area contributed by atoms with Crippen LogP contribution in [-0.4, -0.2) is 46.3 Å². The van der Waals surface area contributed by atoms with Crippen LogP contribution in [0.2, 0.25) is 0 Å². The van der Waals surface area contributed by atoms with Crippen LogP contribution < -0.4 is 0 Å². The van der Waals surface area contributed by atoms with Crippen LogP contribution >= 0.6 is 11.6 Å². The number of aliphatic hydroxyl groups excluding tert-OH is 1. The summed E-state index contributed by atoms with van der Waals surface area (Å²) in [4.78, 5) is 13.9. The van der Waals surface area contributed by atoms with Crippen molar-refractivity contribution in [3.05, 3.63) is 0 Å². The van der Waals surface area contributed by atoms with Crippen LogP contribution in [0.4, 0.5) is 4.79 Å². The van der Waals surface area contributed by atoms with Gasteiger partial charge in [0.15, 0.2) is 0 Å². The quantitative estimate of drug-likeness (QED) is 0.807. The number of carbonyl (C=O) groups is 1. The first-order valence-electron chi connectivity index (χ1n) is 6.52. The summed E-state index contributed by atoms with van der Waals surface area (Å²) in [5, 5.41) is 9.68. The monoisotopic (exact) mass is 277 g/mol. The second-order valence-electron chi connectivity index (χ2n) is 5.91. The summed E-state index contributed by atoms with van der Waals surface area (Å²) in [6.45, 7) is 6.11. The van der Waals surface area contributed by atoms with Gasteiger partial charge in [0.25, 0.3) is 0 Å². The van der Waals surface area contributed by atoms with E-state index < -0.39 is 11.1 Å². The summed E-state index contributed by atoms with van der Waals surface area (Å²) in [6.07, 6.45) is 3.00. The van der Waals surface area contributed by atoms with Crippen LogP contribution in [0.25, 0.3) is 0 Å². The molecule has 0 bridgehead atoms. The minimum atomic E-state index is -0.539. The molecule has 1 aliphatic rings. The Morgan fingerprint density at radius 1 is 1.44 bits per heavy atom. The van der Waals surface area contributed by atoms with Crippen LogP contribution in [0.1, 0.15) is 46.5 Å². The number of ether oxygens (including phenoxy) is 1. The van der Waals surface area contributed by atoms with Gasteiger partial charge in [-0.25, -0.2) is 4.79 Å². The van der Waals surface area contributed by atoms with Gasteiger partial charge in [-0.2, -0.15) is 0 Å². The fourth-order valence-electron chi connectivity index (χ4n) is 2.38. The van der Waals surface area contributed by atoms with Crippen LogP contribution in [0.3, 0.4) is 0 Å². The van der Waals surface area contributed by atoms with Crippen molar-refractivity contribution in [3.63, 3.8) is 0 Å². The molecule has 1 saturated heterocycles. The van der Waals surface area contributed by atoms with E-state index in [4.69, 9.17) is 16.3 Å². The molecular weight excluding hydrogens is 254 g/mol. The molecule has 1 rings (SSSR count). The Hall–Kier alpha value is -0.480. The fraction of sp³-hybridized carbons (Fsp3) is 0.923. The molecule has 0 spiro atoms. The second-order valence-corrected chi connectivity index (χ2v) is 6.29. The molecule has 1 fully saturated rings. The van der Waals surface area contributed by atoms with E-state index in [0.717, 1.165) is 19.3 Å². The molecule has 0 radical (unpaired) electrons. The first kappa shape index (κ1) is 15.6. The van der Waals surface area contributed by atoms with Crippen LogP contribution in [-0.2, 0) is 4.74 Å². The Labute approximate surface area is 114 Å². The summed E-state index contributed by atoms with van der Waals surface area (Å²) in [7, 11) is 0. The van der Waals surface area contributed by atoms with Gasteiger partial charge in [-0.05, 0) is 46.5 Å². The number of alkyl halides is 1. The lowest BCUT2D eigenvalue weighted by Gasteiger charge is -2.46. The predicted molar refractivity (Wildman–Crippen MR) is 71.9 cm³/mol. The molecule has 0 saturated carbocycles. The highest BCUT2D eigenvalue weighted by molar-refractivity contribution is 6.17. The van der Waals surface area contributed by atoms with Gasteiger partial charge in [-0.3, -0.25) is 0 Å². The third-order valence-corrected chi connectivity index (χ3v) is 3.50. The molecule has 5 heteroatoms. The number of piperidine rings is 1. The highest BCUT2D eigenvalue weighted by Gasteiger charge is 2.42. The molecule has 0 aromatic rings. The summed E-state index contributed by atoms with van der Waals surface area (Å²) in [5.41, 5.74) is -1.06. The average molecular weight is 278 g/mol. The number of carbonyl (C=O) groups excluding carboxylic acids is 1. The van der Waals surface area contributed by atoms with Crippen molar-refractivity contribution in [2.24, 2.45) is 0 Å². The van der Waals surface area contributed by atoms with Crippen LogP contribution in [0, 0.1) is 0 Å². The van der Waals surface area contributed by atoms with Gasteiger partial charge in [0.05, 0.1) is 12.1 Å². The van der Waals surface area contributed by atoms with E-state index in [-0.39, 0.29) is 12.7 Å². The minimum absolute atomic E-state index is 0.0566.